The number of carbonyl (C=O) groups excluding carboxylic acids is 2. The predicted octanol–water partition coefficient (Wildman–Crippen LogP) is 2.01. The topological polar surface area (TPSA) is 34.1 Å². The zero-order valence-electron chi connectivity index (χ0n) is 10.2. The molecule has 0 aromatic heterocycles. The minimum atomic E-state index is 0.0431. The van der Waals surface area contributed by atoms with Crippen molar-refractivity contribution in [3.8, 4) is 0 Å². The van der Waals surface area contributed by atoms with E-state index in [1.165, 1.54) is 0 Å². The average Bonchev–Trinajstić information content (AvgIpc) is 3.10. The van der Waals surface area contributed by atoms with Gasteiger partial charge in [-0.15, -0.1) is 0 Å². The summed E-state index contributed by atoms with van der Waals surface area (Å²) >= 11 is 0. The Balaban J connectivity index is 1.65. The molecule has 18 heavy (non-hydrogen) atoms. The largest absolute Gasteiger partial charge is 0.299 e. The van der Waals surface area contributed by atoms with Crippen molar-refractivity contribution in [1.82, 2.24) is 0 Å². The Bertz CT molecular complexity index is 441. The summed E-state index contributed by atoms with van der Waals surface area (Å²) in [7, 11) is 0. The van der Waals surface area contributed by atoms with Gasteiger partial charge in [0, 0.05) is 23.7 Å². The van der Waals surface area contributed by atoms with Gasteiger partial charge < -0.3 is 0 Å². The lowest BCUT2D eigenvalue weighted by molar-refractivity contribution is -0.148. The third kappa shape index (κ3) is 0.877. The molecule has 3 fully saturated rings. The van der Waals surface area contributed by atoms with Gasteiger partial charge in [0.05, 0.1) is 0 Å². The molecule has 92 valence electrons. The standard InChI is InChI=1S/C16H16O2/c17-15-11-7-1-2-8(5-7)12(11)16(18)14-10-4-3-9(6-10)13(14)15/h1-4,7-14H,5-6H2/t7-,8+,9-,10+,11-,12+,13-,14+. The lowest BCUT2D eigenvalue weighted by Crippen LogP contribution is -2.50. The van der Waals surface area contributed by atoms with Crippen LogP contribution >= 0.6 is 0 Å². The van der Waals surface area contributed by atoms with Crippen molar-refractivity contribution in [3.05, 3.63) is 24.3 Å². The van der Waals surface area contributed by atoms with Crippen molar-refractivity contribution in [3.63, 3.8) is 0 Å². The number of rotatable bonds is 0. The van der Waals surface area contributed by atoms with Gasteiger partial charge in [-0.1, -0.05) is 24.3 Å². The van der Waals surface area contributed by atoms with E-state index in [9.17, 15) is 9.59 Å². The van der Waals surface area contributed by atoms with Gasteiger partial charge in [-0.3, -0.25) is 9.59 Å². The van der Waals surface area contributed by atoms with Crippen LogP contribution in [0.3, 0.4) is 0 Å². The van der Waals surface area contributed by atoms with E-state index in [4.69, 9.17) is 0 Å². The molecule has 0 spiro atoms. The molecule has 8 atom stereocenters. The highest BCUT2D eigenvalue weighted by atomic mass is 16.1. The van der Waals surface area contributed by atoms with Crippen LogP contribution in [-0.2, 0) is 9.59 Å². The van der Waals surface area contributed by atoms with Crippen LogP contribution in [0.5, 0.6) is 0 Å². The van der Waals surface area contributed by atoms with Crippen molar-refractivity contribution in [1.29, 1.82) is 0 Å². The van der Waals surface area contributed by atoms with Gasteiger partial charge in [0.15, 0.2) is 0 Å². The van der Waals surface area contributed by atoms with Crippen LogP contribution in [0.15, 0.2) is 24.3 Å². The van der Waals surface area contributed by atoms with Gasteiger partial charge in [0.25, 0.3) is 0 Å². The van der Waals surface area contributed by atoms with E-state index in [0.717, 1.165) is 12.8 Å². The summed E-state index contributed by atoms with van der Waals surface area (Å²) < 4.78 is 0. The number of carbonyl (C=O) groups is 2. The molecular formula is C16H16O2. The van der Waals surface area contributed by atoms with Crippen molar-refractivity contribution in [2.45, 2.75) is 12.8 Å². The Morgan fingerprint density at radius 3 is 1.17 bits per heavy atom. The molecule has 2 heteroatoms. The summed E-state index contributed by atoms with van der Waals surface area (Å²) in [5, 5.41) is 0. The average molecular weight is 240 g/mol. The summed E-state index contributed by atoms with van der Waals surface area (Å²) in [5.41, 5.74) is 0. The van der Waals surface area contributed by atoms with Crippen LogP contribution in [-0.4, -0.2) is 11.6 Å². The lowest BCUT2D eigenvalue weighted by atomic mass is 9.60. The van der Waals surface area contributed by atoms with Crippen molar-refractivity contribution in [2.24, 2.45) is 47.3 Å². The minimum absolute atomic E-state index is 0.0431. The monoisotopic (exact) mass is 240 g/mol. The lowest BCUT2D eigenvalue weighted by Gasteiger charge is -2.40. The molecule has 2 nitrogen and oxygen atoms in total. The number of ketones is 2. The van der Waals surface area contributed by atoms with Crippen LogP contribution < -0.4 is 0 Å². The van der Waals surface area contributed by atoms with E-state index in [-0.39, 0.29) is 23.7 Å². The molecule has 0 saturated heterocycles. The second-order valence-electron chi connectivity index (χ2n) is 6.80. The molecule has 0 aliphatic heterocycles. The highest BCUT2D eigenvalue weighted by Gasteiger charge is 2.63. The molecular weight excluding hydrogens is 224 g/mol. The smallest absolute Gasteiger partial charge is 0.141 e. The summed E-state index contributed by atoms with van der Waals surface area (Å²) in [6, 6.07) is 0. The van der Waals surface area contributed by atoms with Gasteiger partial charge in [-0.2, -0.15) is 0 Å². The maximum atomic E-state index is 12.8. The Labute approximate surface area is 106 Å². The zero-order valence-corrected chi connectivity index (χ0v) is 10.2. The van der Waals surface area contributed by atoms with E-state index in [2.05, 4.69) is 24.3 Å². The molecule has 0 aromatic rings. The summed E-state index contributed by atoms with van der Waals surface area (Å²) in [6.45, 7) is 0. The molecule has 0 amide bonds. The fraction of sp³-hybridized carbons (Fsp3) is 0.625. The van der Waals surface area contributed by atoms with Crippen molar-refractivity contribution in [2.75, 3.05) is 0 Å². The molecule has 4 bridgehead atoms. The Kier molecular flexibility index (Phi) is 1.55. The SMILES string of the molecule is O=C1[C@@H]2[C@H](C(=O)[C@H]3[C@@H]1[C@H]1C=C[C@@H]3C1)[C@@H]1C=C[C@H]2C1. The van der Waals surface area contributed by atoms with Gasteiger partial charge in [0.1, 0.15) is 11.6 Å². The fourth-order valence-corrected chi connectivity index (χ4v) is 5.64. The third-order valence-electron chi connectivity index (χ3n) is 6.23. The van der Waals surface area contributed by atoms with Crippen LogP contribution in [0.4, 0.5) is 0 Å². The van der Waals surface area contributed by atoms with Crippen LogP contribution in [0.2, 0.25) is 0 Å². The number of allylic oxidation sites excluding steroid dienone is 4. The first-order valence-corrected chi connectivity index (χ1v) is 7.20. The number of hydrogen-bond donors (Lipinski definition) is 0. The highest BCUT2D eigenvalue weighted by molar-refractivity contribution is 6.02. The molecule has 5 aliphatic rings. The van der Waals surface area contributed by atoms with Gasteiger partial charge >= 0.3 is 0 Å². The zero-order chi connectivity index (χ0) is 12.0. The van der Waals surface area contributed by atoms with E-state index in [1.54, 1.807) is 0 Å². The van der Waals surface area contributed by atoms with Gasteiger partial charge in [-0.05, 0) is 36.5 Å². The molecule has 0 unspecified atom stereocenters. The second-order valence-corrected chi connectivity index (χ2v) is 6.80. The second kappa shape index (κ2) is 2.87. The first-order chi connectivity index (χ1) is 8.75. The Morgan fingerprint density at radius 1 is 0.611 bits per heavy atom. The van der Waals surface area contributed by atoms with Gasteiger partial charge in [-0.25, -0.2) is 0 Å². The number of fused-ring (bicyclic) bond motifs is 10. The summed E-state index contributed by atoms with van der Waals surface area (Å²) in [4.78, 5) is 25.6. The minimum Gasteiger partial charge on any atom is -0.299 e. The van der Waals surface area contributed by atoms with Crippen LogP contribution in [0.25, 0.3) is 0 Å². The van der Waals surface area contributed by atoms with E-state index in [0.29, 0.717) is 35.2 Å². The van der Waals surface area contributed by atoms with E-state index in [1.807, 2.05) is 0 Å². The van der Waals surface area contributed by atoms with Crippen molar-refractivity contribution < 1.29 is 9.59 Å². The van der Waals surface area contributed by atoms with E-state index >= 15 is 0 Å². The van der Waals surface area contributed by atoms with E-state index < -0.39 is 0 Å². The quantitative estimate of drug-likeness (QED) is 0.607. The first-order valence-electron chi connectivity index (χ1n) is 7.20. The van der Waals surface area contributed by atoms with Crippen LogP contribution in [0, 0.1) is 47.3 Å². The molecule has 3 saturated carbocycles. The van der Waals surface area contributed by atoms with Gasteiger partial charge in [0.2, 0.25) is 0 Å². The van der Waals surface area contributed by atoms with Crippen LogP contribution in [0.1, 0.15) is 12.8 Å². The Morgan fingerprint density at radius 2 is 0.889 bits per heavy atom. The first kappa shape index (κ1) is 9.71. The summed E-state index contributed by atoms with van der Waals surface area (Å²) in [6.07, 6.45) is 10.9. The molecule has 5 aliphatic carbocycles. The Hall–Kier alpha value is -1.18. The third-order valence-corrected chi connectivity index (χ3v) is 6.23. The summed E-state index contributed by atoms with van der Waals surface area (Å²) in [5.74, 6) is 2.53. The molecule has 0 radical (unpaired) electrons. The maximum absolute atomic E-state index is 12.8. The molecule has 0 N–H and O–H groups in total. The molecule has 0 heterocycles. The molecule has 5 rings (SSSR count). The fourth-order valence-electron chi connectivity index (χ4n) is 5.64. The normalized spacial score (nSPS) is 58.4. The highest BCUT2D eigenvalue weighted by Crippen LogP contribution is 2.60. The molecule has 0 aromatic carbocycles. The number of Topliss-reactive ketones (excluding diaryl/α,β-unsaturated/α-hetero) is 2. The predicted molar refractivity (Wildman–Crippen MR) is 65.4 cm³/mol. The maximum Gasteiger partial charge on any atom is 0.141 e. The van der Waals surface area contributed by atoms with Crippen molar-refractivity contribution >= 4 is 11.6 Å². The number of hydrogen-bond acceptors (Lipinski definition) is 2.